The van der Waals surface area contributed by atoms with E-state index in [1.54, 1.807) is 0 Å². The number of piperidine rings is 1. The highest BCUT2D eigenvalue weighted by Crippen LogP contribution is 2.24. The zero-order chi connectivity index (χ0) is 12.3. The van der Waals surface area contributed by atoms with Gasteiger partial charge in [-0.2, -0.15) is 4.31 Å². The van der Waals surface area contributed by atoms with Crippen LogP contribution in [0.5, 0.6) is 0 Å². The Morgan fingerprint density at radius 3 is 2.59 bits per heavy atom. The third-order valence-electron chi connectivity index (χ3n) is 3.80. The molecule has 0 aliphatic carbocycles. The maximum Gasteiger partial charge on any atom is 0.214 e. The smallest absolute Gasteiger partial charge is 0.214 e. The van der Waals surface area contributed by atoms with Crippen molar-refractivity contribution in [2.24, 2.45) is 5.92 Å². The molecule has 2 saturated heterocycles. The maximum absolute atomic E-state index is 12.3. The molecular weight excluding hydrogens is 240 g/mol. The normalized spacial score (nSPS) is 28.6. The summed E-state index contributed by atoms with van der Waals surface area (Å²) < 4.78 is 26.1. The molecule has 0 amide bonds. The predicted molar refractivity (Wildman–Crippen MR) is 66.2 cm³/mol. The van der Waals surface area contributed by atoms with Crippen LogP contribution in [0.1, 0.15) is 25.7 Å². The Balaban J connectivity index is 1.97. The van der Waals surface area contributed by atoms with Gasteiger partial charge < -0.3 is 10.4 Å². The molecule has 6 heteroatoms. The number of hydrogen-bond donors (Lipinski definition) is 2. The summed E-state index contributed by atoms with van der Waals surface area (Å²) in [5.41, 5.74) is 0. The molecule has 0 aromatic heterocycles. The van der Waals surface area contributed by atoms with Crippen molar-refractivity contribution in [3.8, 4) is 0 Å². The number of aliphatic hydroxyl groups is 1. The molecule has 0 bridgehead atoms. The molecule has 2 rings (SSSR count). The fourth-order valence-electron chi connectivity index (χ4n) is 2.80. The summed E-state index contributed by atoms with van der Waals surface area (Å²) in [6.07, 6.45) is 3.55. The van der Waals surface area contributed by atoms with Gasteiger partial charge in [0.1, 0.15) is 0 Å². The van der Waals surface area contributed by atoms with Crippen LogP contribution < -0.4 is 5.32 Å². The molecule has 2 aliphatic rings. The van der Waals surface area contributed by atoms with Gasteiger partial charge in [-0.3, -0.25) is 0 Å². The van der Waals surface area contributed by atoms with Gasteiger partial charge in [-0.15, -0.1) is 0 Å². The van der Waals surface area contributed by atoms with Crippen LogP contribution in [0.2, 0.25) is 0 Å². The lowest BCUT2D eigenvalue weighted by molar-refractivity contribution is 0.212. The van der Waals surface area contributed by atoms with Crippen molar-refractivity contribution in [2.45, 2.75) is 31.7 Å². The van der Waals surface area contributed by atoms with Crippen molar-refractivity contribution < 1.29 is 13.5 Å². The molecule has 2 fully saturated rings. The van der Waals surface area contributed by atoms with E-state index < -0.39 is 10.0 Å². The van der Waals surface area contributed by atoms with E-state index in [2.05, 4.69) is 5.32 Å². The monoisotopic (exact) mass is 262 g/mol. The van der Waals surface area contributed by atoms with Crippen LogP contribution in [0, 0.1) is 5.92 Å². The van der Waals surface area contributed by atoms with E-state index in [4.69, 9.17) is 0 Å². The number of aliphatic hydroxyl groups excluding tert-OH is 1. The Morgan fingerprint density at radius 1 is 1.24 bits per heavy atom. The van der Waals surface area contributed by atoms with Crippen LogP contribution in [0.15, 0.2) is 0 Å². The summed E-state index contributed by atoms with van der Waals surface area (Å²) >= 11 is 0. The van der Waals surface area contributed by atoms with Gasteiger partial charge in [0.15, 0.2) is 0 Å². The van der Waals surface area contributed by atoms with E-state index in [1.807, 2.05) is 0 Å². The first-order valence-corrected chi connectivity index (χ1v) is 8.05. The molecule has 0 radical (unpaired) electrons. The highest BCUT2D eigenvalue weighted by atomic mass is 32.2. The second-order valence-corrected chi connectivity index (χ2v) is 7.03. The molecule has 0 spiro atoms. The summed E-state index contributed by atoms with van der Waals surface area (Å²) in [5, 5.41) is 12.4. The van der Waals surface area contributed by atoms with Crippen LogP contribution in [0.25, 0.3) is 0 Å². The molecular formula is C11H22N2O3S. The average molecular weight is 262 g/mol. The van der Waals surface area contributed by atoms with Crippen LogP contribution in [-0.4, -0.2) is 55.9 Å². The molecule has 2 N–H and O–H groups in total. The third kappa shape index (κ3) is 3.19. The number of sulfonamides is 1. The van der Waals surface area contributed by atoms with E-state index in [-0.39, 0.29) is 24.3 Å². The van der Waals surface area contributed by atoms with E-state index >= 15 is 0 Å². The fraction of sp³-hybridized carbons (Fsp3) is 1.00. The molecule has 1 unspecified atom stereocenters. The van der Waals surface area contributed by atoms with Crippen molar-refractivity contribution >= 4 is 10.0 Å². The Hall–Kier alpha value is -0.170. The molecule has 17 heavy (non-hydrogen) atoms. The van der Waals surface area contributed by atoms with Gasteiger partial charge in [-0.25, -0.2) is 8.42 Å². The highest BCUT2D eigenvalue weighted by Gasteiger charge is 2.35. The zero-order valence-corrected chi connectivity index (χ0v) is 11.0. The first-order valence-electron chi connectivity index (χ1n) is 6.44. The third-order valence-corrected chi connectivity index (χ3v) is 5.88. The molecule has 2 heterocycles. The Labute approximate surface area is 103 Å². The minimum atomic E-state index is -3.18. The maximum atomic E-state index is 12.3. The summed E-state index contributed by atoms with van der Waals surface area (Å²) in [6.45, 7) is 2.37. The molecule has 0 saturated carbocycles. The SMILES string of the molecule is O=S(=O)(CC1CCNCC1)N1CCCC1CO. The van der Waals surface area contributed by atoms with Gasteiger partial charge in [0.05, 0.1) is 12.4 Å². The lowest BCUT2D eigenvalue weighted by atomic mass is 10.0. The number of rotatable bonds is 4. The molecule has 1 atom stereocenters. The van der Waals surface area contributed by atoms with E-state index in [0.29, 0.717) is 6.54 Å². The summed E-state index contributed by atoms with van der Waals surface area (Å²) in [4.78, 5) is 0. The first-order chi connectivity index (χ1) is 8.13. The van der Waals surface area contributed by atoms with Crippen LogP contribution in [0.3, 0.4) is 0 Å². The largest absolute Gasteiger partial charge is 0.395 e. The summed E-state index contributed by atoms with van der Waals surface area (Å²) in [6, 6.07) is -0.179. The van der Waals surface area contributed by atoms with Gasteiger partial charge >= 0.3 is 0 Å². The van der Waals surface area contributed by atoms with E-state index in [0.717, 1.165) is 38.8 Å². The van der Waals surface area contributed by atoms with Gasteiger partial charge in [-0.1, -0.05) is 0 Å². The zero-order valence-electron chi connectivity index (χ0n) is 10.1. The Kier molecular flexibility index (Phi) is 4.41. The number of nitrogens with one attached hydrogen (secondary N) is 1. The lowest BCUT2D eigenvalue weighted by Gasteiger charge is -2.27. The standard InChI is InChI=1S/C11H22N2O3S/c14-8-11-2-1-7-13(11)17(15,16)9-10-3-5-12-6-4-10/h10-12,14H,1-9H2. The second kappa shape index (κ2) is 5.65. The highest BCUT2D eigenvalue weighted by molar-refractivity contribution is 7.89. The topological polar surface area (TPSA) is 69.6 Å². The van der Waals surface area contributed by atoms with Crippen LogP contribution in [-0.2, 0) is 10.0 Å². The van der Waals surface area contributed by atoms with Crippen molar-refractivity contribution in [1.82, 2.24) is 9.62 Å². The molecule has 5 nitrogen and oxygen atoms in total. The average Bonchev–Trinajstić information content (AvgIpc) is 2.78. The van der Waals surface area contributed by atoms with Crippen molar-refractivity contribution in [2.75, 3.05) is 32.0 Å². The van der Waals surface area contributed by atoms with Gasteiger partial charge in [-0.05, 0) is 44.7 Å². The molecule has 100 valence electrons. The van der Waals surface area contributed by atoms with Crippen molar-refractivity contribution in [3.63, 3.8) is 0 Å². The summed E-state index contributed by atoms with van der Waals surface area (Å²) in [5.74, 6) is 0.534. The first kappa shape index (κ1) is 13.3. The quantitative estimate of drug-likeness (QED) is 0.734. The van der Waals surface area contributed by atoms with Crippen molar-refractivity contribution in [1.29, 1.82) is 0 Å². The molecule has 2 aliphatic heterocycles. The van der Waals surface area contributed by atoms with Crippen LogP contribution in [0.4, 0.5) is 0 Å². The lowest BCUT2D eigenvalue weighted by Crippen LogP contribution is -2.42. The van der Waals surface area contributed by atoms with E-state index in [9.17, 15) is 13.5 Å². The number of nitrogens with zero attached hydrogens (tertiary/aromatic N) is 1. The van der Waals surface area contributed by atoms with Gasteiger partial charge in [0.25, 0.3) is 0 Å². The van der Waals surface area contributed by atoms with Gasteiger partial charge in [0.2, 0.25) is 10.0 Å². The van der Waals surface area contributed by atoms with Gasteiger partial charge in [0, 0.05) is 12.6 Å². The fourth-order valence-corrected chi connectivity index (χ4v) is 4.95. The summed E-state index contributed by atoms with van der Waals surface area (Å²) in [7, 11) is -3.18. The number of hydrogen-bond acceptors (Lipinski definition) is 4. The van der Waals surface area contributed by atoms with Crippen molar-refractivity contribution in [3.05, 3.63) is 0 Å². The predicted octanol–water partition coefficient (Wildman–Crippen LogP) is -0.227. The second-order valence-electron chi connectivity index (χ2n) is 5.06. The Morgan fingerprint density at radius 2 is 1.94 bits per heavy atom. The molecule has 0 aromatic carbocycles. The molecule has 0 aromatic rings. The minimum absolute atomic E-state index is 0.0501. The minimum Gasteiger partial charge on any atom is -0.395 e. The Bertz CT molecular complexity index is 339. The van der Waals surface area contributed by atoms with E-state index in [1.165, 1.54) is 4.31 Å². The van der Waals surface area contributed by atoms with Crippen LogP contribution >= 0.6 is 0 Å².